The van der Waals surface area contributed by atoms with Crippen LogP contribution in [-0.4, -0.2) is 5.97 Å². The van der Waals surface area contributed by atoms with Crippen molar-refractivity contribution in [3.8, 4) is 0 Å². The summed E-state index contributed by atoms with van der Waals surface area (Å²) in [4.78, 5) is 11.7. The van der Waals surface area contributed by atoms with Gasteiger partial charge in [-0.3, -0.25) is 4.79 Å². The number of rotatable bonds is 4. The van der Waals surface area contributed by atoms with Crippen molar-refractivity contribution in [1.29, 1.82) is 0 Å². The van der Waals surface area contributed by atoms with Crippen molar-refractivity contribution < 1.29 is 9.53 Å². The van der Waals surface area contributed by atoms with E-state index in [1.54, 1.807) is 0 Å². The lowest BCUT2D eigenvalue weighted by molar-refractivity contribution is -0.140. The van der Waals surface area contributed by atoms with Gasteiger partial charge < -0.3 is 4.74 Å². The quantitative estimate of drug-likeness (QED) is 0.580. The van der Waals surface area contributed by atoms with Crippen LogP contribution in [0.2, 0.25) is 0 Å². The number of hydrogen-bond acceptors (Lipinski definition) is 2. The van der Waals surface area contributed by atoms with E-state index in [0.717, 1.165) is 12.0 Å². The van der Waals surface area contributed by atoms with Crippen LogP contribution in [0.1, 0.15) is 38.3 Å². The van der Waals surface area contributed by atoms with E-state index in [9.17, 15) is 4.79 Å². The zero-order valence-corrected chi connectivity index (χ0v) is 11.0. The average molecular weight is 232 g/mol. The summed E-state index contributed by atoms with van der Waals surface area (Å²) in [6.45, 7) is 7.77. The Balaban J connectivity index is 2.80. The summed E-state index contributed by atoms with van der Waals surface area (Å²) in [6, 6.07) is 7.95. The molecule has 1 unspecified atom stereocenters. The smallest absolute Gasteiger partial charge is 0.314 e. The number of allylic oxidation sites excluding steroid dienone is 1. The lowest BCUT2D eigenvalue weighted by Gasteiger charge is -2.12. The van der Waals surface area contributed by atoms with Crippen molar-refractivity contribution in [2.24, 2.45) is 5.92 Å². The maximum absolute atomic E-state index is 11.7. The highest BCUT2D eigenvalue weighted by molar-refractivity contribution is 5.79. The minimum Gasteiger partial charge on any atom is -0.426 e. The zero-order chi connectivity index (χ0) is 12.8. The SMILES string of the molecule is CC=C(OC(=O)C(C)CC)c1ccc(C)cc1. The van der Waals surface area contributed by atoms with E-state index in [1.807, 2.05) is 58.0 Å². The average Bonchev–Trinajstić information content (AvgIpc) is 2.35. The number of carbonyl (C=O) groups is 1. The van der Waals surface area contributed by atoms with Crippen molar-refractivity contribution in [2.45, 2.75) is 34.1 Å². The first-order valence-corrected chi connectivity index (χ1v) is 6.03. The van der Waals surface area contributed by atoms with Gasteiger partial charge in [-0.05, 0) is 26.3 Å². The fourth-order valence-electron chi connectivity index (χ4n) is 1.38. The van der Waals surface area contributed by atoms with Gasteiger partial charge in [-0.2, -0.15) is 0 Å². The second-order valence-corrected chi connectivity index (χ2v) is 4.25. The topological polar surface area (TPSA) is 26.3 Å². The largest absolute Gasteiger partial charge is 0.426 e. The van der Waals surface area contributed by atoms with Crippen molar-refractivity contribution in [2.75, 3.05) is 0 Å². The van der Waals surface area contributed by atoms with E-state index < -0.39 is 0 Å². The normalized spacial score (nSPS) is 13.3. The van der Waals surface area contributed by atoms with E-state index >= 15 is 0 Å². The molecule has 92 valence electrons. The van der Waals surface area contributed by atoms with Crippen LogP contribution in [0.15, 0.2) is 30.3 Å². The van der Waals surface area contributed by atoms with Crippen LogP contribution in [0.3, 0.4) is 0 Å². The highest BCUT2D eigenvalue weighted by Crippen LogP contribution is 2.19. The Morgan fingerprint density at radius 2 is 1.94 bits per heavy atom. The van der Waals surface area contributed by atoms with E-state index in [1.165, 1.54) is 5.56 Å². The van der Waals surface area contributed by atoms with Gasteiger partial charge in [-0.25, -0.2) is 0 Å². The summed E-state index contributed by atoms with van der Waals surface area (Å²) in [7, 11) is 0. The van der Waals surface area contributed by atoms with Crippen LogP contribution < -0.4 is 0 Å². The maximum Gasteiger partial charge on any atom is 0.314 e. The minimum absolute atomic E-state index is 0.0598. The molecule has 0 aromatic heterocycles. The van der Waals surface area contributed by atoms with Gasteiger partial charge in [0.05, 0.1) is 5.92 Å². The number of esters is 1. The summed E-state index contributed by atoms with van der Waals surface area (Å²) >= 11 is 0. The molecule has 1 aromatic carbocycles. The van der Waals surface area contributed by atoms with Crippen molar-refractivity contribution in [3.63, 3.8) is 0 Å². The Bertz CT molecular complexity index is 401. The standard InChI is InChI=1S/C15H20O2/c1-5-12(4)15(16)17-14(6-2)13-9-7-11(3)8-10-13/h6-10,12H,5H2,1-4H3. The van der Waals surface area contributed by atoms with Crippen molar-refractivity contribution in [3.05, 3.63) is 41.5 Å². The maximum atomic E-state index is 11.7. The van der Waals surface area contributed by atoms with Gasteiger partial charge in [0.2, 0.25) is 0 Å². The van der Waals surface area contributed by atoms with Gasteiger partial charge >= 0.3 is 5.97 Å². The number of ether oxygens (including phenoxy) is 1. The van der Waals surface area contributed by atoms with E-state index in [0.29, 0.717) is 5.76 Å². The van der Waals surface area contributed by atoms with Crippen LogP contribution in [0.5, 0.6) is 0 Å². The van der Waals surface area contributed by atoms with Crippen LogP contribution in [0.25, 0.3) is 5.76 Å². The lowest BCUT2D eigenvalue weighted by Crippen LogP contribution is -2.13. The second kappa shape index (κ2) is 6.24. The Kier molecular flexibility index (Phi) is 4.95. The molecular formula is C15H20O2. The number of carbonyl (C=O) groups excluding carboxylic acids is 1. The summed E-state index contributed by atoms with van der Waals surface area (Å²) in [6.07, 6.45) is 2.62. The third-order valence-electron chi connectivity index (χ3n) is 2.82. The van der Waals surface area contributed by atoms with Crippen LogP contribution in [0, 0.1) is 12.8 Å². The van der Waals surface area contributed by atoms with E-state index in [2.05, 4.69) is 0 Å². The molecule has 0 aliphatic rings. The molecule has 17 heavy (non-hydrogen) atoms. The Labute approximate surface area is 103 Å². The molecule has 0 fully saturated rings. The molecule has 0 saturated carbocycles. The highest BCUT2D eigenvalue weighted by Gasteiger charge is 2.14. The number of aryl methyl sites for hydroxylation is 1. The first-order valence-electron chi connectivity index (χ1n) is 6.03. The first kappa shape index (κ1) is 13.5. The van der Waals surface area contributed by atoms with E-state index in [-0.39, 0.29) is 11.9 Å². The van der Waals surface area contributed by atoms with Gasteiger partial charge in [0.25, 0.3) is 0 Å². The van der Waals surface area contributed by atoms with Crippen LogP contribution >= 0.6 is 0 Å². The fourth-order valence-corrected chi connectivity index (χ4v) is 1.38. The summed E-state index contributed by atoms with van der Waals surface area (Å²) < 4.78 is 5.40. The van der Waals surface area contributed by atoms with Crippen LogP contribution in [-0.2, 0) is 9.53 Å². The third-order valence-corrected chi connectivity index (χ3v) is 2.82. The second-order valence-electron chi connectivity index (χ2n) is 4.25. The molecule has 2 heteroatoms. The van der Waals surface area contributed by atoms with Crippen LogP contribution in [0.4, 0.5) is 0 Å². The molecule has 0 bridgehead atoms. The van der Waals surface area contributed by atoms with Gasteiger partial charge in [0.1, 0.15) is 5.76 Å². The molecule has 0 amide bonds. The van der Waals surface area contributed by atoms with Gasteiger partial charge in [0.15, 0.2) is 0 Å². The summed E-state index contributed by atoms with van der Waals surface area (Å²) in [5.74, 6) is 0.409. The molecule has 0 radical (unpaired) electrons. The monoisotopic (exact) mass is 232 g/mol. The number of hydrogen-bond donors (Lipinski definition) is 0. The van der Waals surface area contributed by atoms with Gasteiger partial charge in [0, 0.05) is 5.56 Å². The molecule has 1 aromatic rings. The summed E-state index contributed by atoms with van der Waals surface area (Å²) in [5.41, 5.74) is 2.13. The predicted octanol–water partition coefficient (Wildman–Crippen LogP) is 3.95. The first-order chi connectivity index (χ1) is 8.08. The van der Waals surface area contributed by atoms with Crippen molar-refractivity contribution >= 4 is 11.7 Å². The molecule has 1 atom stereocenters. The molecule has 0 aliphatic heterocycles. The molecule has 0 aliphatic carbocycles. The lowest BCUT2D eigenvalue weighted by atomic mass is 10.1. The van der Waals surface area contributed by atoms with Crippen molar-refractivity contribution in [1.82, 2.24) is 0 Å². The molecule has 0 saturated heterocycles. The zero-order valence-electron chi connectivity index (χ0n) is 11.0. The molecule has 0 spiro atoms. The van der Waals surface area contributed by atoms with E-state index in [4.69, 9.17) is 4.74 Å². The number of benzene rings is 1. The molecule has 2 nitrogen and oxygen atoms in total. The Morgan fingerprint density at radius 1 is 1.35 bits per heavy atom. The third kappa shape index (κ3) is 3.74. The Hall–Kier alpha value is -1.57. The molecular weight excluding hydrogens is 212 g/mol. The van der Waals surface area contributed by atoms with Gasteiger partial charge in [-0.15, -0.1) is 0 Å². The molecule has 0 N–H and O–H groups in total. The summed E-state index contributed by atoms with van der Waals surface area (Å²) in [5, 5.41) is 0. The Morgan fingerprint density at radius 3 is 2.41 bits per heavy atom. The van der Waals surface area contributed by atoms with Gasteiger partial charge in [-0.1, -0.05) is 43.7 Å². The fraction of sp³-hybridized carbons (Fsp3) is 0.400. The highest BCUT2D eigenvalue weighted by atomic mass is 16.5. The molecule has 0 heterocycles. The minimum atomic E-state index is -0.166. The molecule has 1 rings (SSSR count). The predicted molar refractivity (Wildman–Crippen MR) is 70.4 cm³/mol.